The van der Waals surface area contributed by atoms with Gasteiger partial charge in [0.25, 0.3) is 0 Å². The van der Waals surface area contributed by atoms with Gasteiger partial charge in [-0.25, -0.2) is 0 Å². The van der Waals surface area contributed by atoms with Gasteiger partial charge in [-0.05, 0) is 30.3 Å². The molecular weight excluding hydrogens is 292 g/mol. The third-order valence-electron chi connectivity index (χ3n) is 2.86. The van der Waals surface area contributed by atoms with Crippen molar-refractivity contribution >= 4 is 11.6 Å². The van der Waals surface area contributed by atoms with Crippen molar-refractivity contribution in [2.75, 3.05) is 20.3 Å². The van der Waals surface area contributed by atoms with Crippen molar-refractivity contribution in [1.29, 1.82) is 0 Å². The minimum atomic E-state index is -0.122. The molecule has 4 nitrogen and oxygen atoms in total. The van der Waals surface area contributed by atoms with Crippen LogP contribution in [0.3, 0.4) is 0 Å². The van der Waals surface area contributed by atoms with Gasteiger partial charge in [-0.3, -0.25) is 0 Å². The van der Waals surface area contributed by atoms with Gasteiger partial charge in [0.1, 0.15) is 19.0 Å². The van der Waals surface area contributed by atoms with E-state index < -0.39 is 0 Å². The molecule has 2 aromatic rings. The molecule has 2 rings (SSSR count). The van der Waals surface area contributed by atoms with Gasteiger partial charge < -0.3 is 19.3 Å². The average Bonchev–Trinajstić information content (AvgIpc) is 2.52. The smallest absolute Gasteiger partial charge is 0.161 e. The van der Waals surface area contributed by atoms with Crippen LogP contribution in [0.15, 0.2) is 42.5 Å². The van der Waals surface area contributed by atoms with Crippen LogP contribution in [0.5, 0.6) is 17.2 Å². The molecule has 0 saturated carbocycles. The summed E-state index contributed by atoms with van der Waals surface area (Å²) in [5.41, 5.74) is 0.653. The van der Waals surface area contributed by atoms with Gasteiger partial charge in [-0.15, -0.1) is 0 Å². The summed E-state index contributed by atoms with van der Waals surface area (Å²) in [5, 5.41) is 9.83. The van der Waals surface area contributed by atoms with Gasteiger partial charge >= 0.3 is 0 Å². The lowest BCUT2D eigenvalue weighted by Gasteiger charge is -2.12. The second-order valence-electron chi connectivity index (χ2n) is 4.26. The summed E-state index contributed by atoms with van der Waals surface area (Å²) in [6.45, 7) is 0.601. The Morgan fingerprint density at radius 2 is 1.62 bits per heavy atom. The first-order chi connectivity index (χ1) is 10.2. The second kappa shape index (κ2) is 7.76. The zero-order valence-corrected chi connectivity index (χ0v) is 12.5. The van der Waals surface area contributed by atoms with Crippen molar-refractivity contribution in [3.63, 3.8) is 0 Å². The molecule has 0 aromatic heterocycles. The third kappa shape index (κ3) is 4.28. The Labute approximate surface area is 128 Å². The summed E-state index contributed by atoms with van der Waals surface area (Å²) in [4.78, 5) is 0. The van der Waals surface area contributed by atoms with Crippen molar-refractivity contribution in [3.05, 3.63) is 53.1 Å². The highest BCUT2D eigenvalue weighted by Gasteiger charge is 2.05. The molecule has 0 heterocycles. The molecule has 0 fully saturated rings. The van der Waals surface area contributed by atoms with Crippen LogP contribution in [0.4, 0.5) is 0 Å². The van der Waals surface area contributed by atoms with Gasteiger partial charge in [0.15, 0.2) is 11.5 Å². The molecular formula is C16H17ClO4. The van der Waals surface area contributed by atoms with Crippen LogP contribution in [0.25, 0.3) is 0 Å². The van der Waals surface area contributed by atoms with Crippen LogP contribution in [-0.4, -0.2) is 25.4 Å². The van der Waals surface area contributed by atoms with Crippen LogP contribution >= 0.6 is 11.6 Å². The van der Waals surface area contributed by atoms with Gasteiger partial charge in [-0.2, -0.15) is 0 Å². The van der Waals surface area contributed by atoms with E-state index in [1.54, 1.807) is 25.3 Å². The first-order valence-corrected chi connectivity index (χ1v) is 6.90. The fourth-order valence-electron chi connectivity index (χ4n) is 1.85. The molecule has 1 N–H and O–H groups in total. The number of ether oxygens (including phenoxy) is 3. The molecule has 0 bridgehead atoms. The van der Waals surface area contributed by atoms with E-state index in [0.29, 0.717) is 41.0 Å². The molecule has 2 aromatic carbocycles. The van der Waals surface area contributed by atoms with E-state index in [2.05, 4.69) is 0 Å². The number of hydrogen-bond acceptors (Lipinski definition) is 4. The van der Waals surface area contributed by atoms with Crippen molar-refractivity contribution in [2.24, 2.45) is 0 Å². The topological polar surface area (TPSA) is 47.9 Å². The van der Waals surface area contributed by atoms with Crippen molar-refractivity contribution in [3.8, 4) is 17.2 Å². The molecule has 21 heavy (non-hydrogen) atoms. The van der Waals surface area contributed by atoms with E-state index in [-0.39, 0.29) is 6.61 Å². The van der Waals surface area contributed by atoms with E-state index in [9.17, 15) is 5.11 Å². The fourth-order valence-corrected chi connectivity index (χ4v) is 2.05. The van der Waals surface area contributed by atoms with Crippen molar-refractivity contribution in [1.82, 2.24) is 0 Å². The first-order valence-electron chi connectivity index (χ1n) is 6.52. The largest absolute Gasteiger partial charge is 0.493 e. The lowest BCUT2D eigenvalue weighted by atomic mass is 10.2. The Morgan fingerprint density at radius 1 is 0.952 bits per heavy atom. The van der Waals surface area contributed by atoms with E-state index in [4.69, 9.17) is 25.8 Å². The lowest BCUT2D eigenvalue weighted by Crippen LogP contribution is -2.10. The number of hydrogen-bond donors (Lipinski definition) is 1. The monoisotopic (exact) mass is 308 g/mol. The molecule has 0 aliphatic carbocycles. The molecule has 0 aliphatic rings. The first kappa shape index (κ1) is 15.5. The van der Waals surface area contributed by atoms with Gasteiger partial charge in [-0.1, -0.05) is 23.7 Å². The molecule has 112 valence electrons. The number of benzene rings is 2. The van der Waals surface area contributed by atoms with E-state index in [0.717, 1.165) is 0 Å². The van der Waals surface area contributed by atoms with Crippen LogP contribution in [0.1, 0.15) is 5.56 Å². The van der Waals surface area contributed by atoms with E-state index >= 15 is 0 Å². The Bertz CT molecular complexity index is 586. The second-order valence-corrected chi connectivity index (χ2v) is 4.69. The Morgan fingerprint density at radius 3 is 2.29 bits per heavy atom. The van der Waals surface area contributed by atoms with Crippen molar-refractivity contribution in [2.45, 2.75) is 6.61 Å². The zero-order chi connectivity index (χ0) is 15.1. The summed E-state index contributed by atoms with van der Waals surface area (Å²) in [6.07, 6.45) is 0. The maximum absolute atomic E-state index is 9.26. The molecule has 0 spiro atoms. The predicted octanol–water partition coefficient (Wildman–Crippen LogP) is 3.30. The predicted molar refractivity (Wildman–Crippen MR) is 81.4 cm³/mol. The van der Waals surface area contributed by atoms with Crippen LogP contribution in [-0.2, 0) is 6.61 Å². The normalized spacial score (nSPS) is 10.2. The molecule has 0 amide bonds. The van der Waals surface area contributed by atoms with E-state index in [1.165, 1.54) is 0 Å². The van der Waals surface area contributed by atoms with Crippen LogP contribution in [0, 0.1) is 0 Å². The lowest BCUT2D eigenvalue weighted by molar-refractivity contribution is 0.205. The highest BCUT2D eigenvalue weighted by molar-refractivity contribution is 6.30. The van der Waals surface area contributed by atoms with Gasteiger partial charge in [0.2, 0.25) is 0 Å². The summed E-state index contributed by atoms with van der Waals surface area (Å²) in [6, 6.07) is 12.6. The van der Waals surface area contributed by atoms with Gasteiger partial charge in [0.05, 0.1) is 13.7 Å². The summed E-state index contributed by atoms with van der Waals surface area (Å²) < 4.78 is 16.4. The van der Waals surface area contributed by atoms with Crippen LogP contribution in [0.2, 0.25) is 5.02 Å². The fraction of sp³-hybridized carbons (Fsp3) is 0.250. The minimum Gasteiger partial charge on any atom is -0.493 e. The number of methoxy groups -OCH3 is 1. The molecule has 0 saturated heterocycles. The molecule has 0 atom stereocenters. The Balaban J connectivity index is 1.87. The zero-order valence-electron chi connectivity index (χ0n) is 11.7. The minimum absolute atomic E-state index is 0.122. The third-order valence-corrected chi connectivity index (χ3v) is 3.10. The van der Waals surface area contributed by atoms with Gasteiger partial charge in [0, 0.05) is 10.6 Å². The number of halogens is 1. The number of rotatable bonds is 7. The summed E-state index contributed by atoms with van der Waals surface area (Å²) >= 11 is 5.87. The highest BCUT2D eigenvalue weighted by atomic mass is 35.5. The SMILES string of the molecule is COc1ccccc1OCCOc1ccc(Cl)cc1CO. The number of aliphatic hydroxyl groups is 1. The van der Waals surface area contributed by atoms with E-state index in [1.807, 2.05) is 24.3 Å². The maximum Gasteiger partial charge on any atom is 0.161 e. The standard InChI is InChI=1S/C16H17ClO4/c1-19-15-4-2-3-5-16(15)21-9-8-20-14-7-6-13(17)10-12(14)11-18/h2-7,10,18H,8-9,11H2,1H3. The number of aliphatic hydroxyl groups excluding tert-OH is 1. The molecule has 0 unspecified atom stereocenters. The molecule has 5 heteroatoms. The van der Waals surface area contributed by atoms with Crippen molar-refractivity contribution < 1.29 is 19.3 Å². The molecule has 0 radical (unpaired) electrons. The Kier molecular flexibility index (Phi) is 5.72. The molecule has 0 aliphatic heterocycles. The Hall–Kier alpha value is -1.91. The summed E-state index contributed by atoms with van der Waals surface area (Å²) in [7, 11) is 1.60. The quantitative estimate of drug-likeness (QED) is 0.797. The highest BCUT2D eigenvalue weighted by Crippen LogP contribution is 2.26. The van der Waals surface area contributed by atoms with Crippen LogP contribution < -0.4 is 14.2 Å². The number of para-hydroxylation sites is 2. The average molecular weight is 309 g/mol. The maximum atomic E-state index is 9.26. The summed E-state index contributed by atoms with van der Waals surface area (Å²) in [5.74, 6) is 1.95.